The molecule has 8 aliphatic heterocycles. The topological polar surface area (TPSA) is 906 Å². The maximum Gasteiger partial charge on any atom is 0.433 e. The molecule has 14 amide bonds. The van der Waals surface area contributed by atoms with Gasteiger partial charge in [0, 0.05) is 75.6 Å². The van der Waals surface area contributed by atoms with Crippen molar-refractivity contribution in [2.45, 2.75) is 25.2 Å². The number of nitrogens with zero attached hydrogens (tertiary/aromatic N) is 36. The number of carbonyl (C=O) groups is 15. The molecule has 0 aromatic carbocycles. The quantitative estimate of drug-likeness (QED) is 0.00206. The minimum atomic E-state index is -0.854. The molecule has 2 unspecified atom stereocenters. The highest BCUT2D eigenvalue weighted by molar-refractivity contribution is 6.33. The number of cyclic esters (lactones) is 4. The second-order valence-corrected chi connectivity index (χ2v) is 27.0. The van der Waals surface area contributed by atoms with Crippen molar-refractivity contribution in [2.24, 2.45) is 77.8 Å². The van der Waals surface area contributed by atoms with Crippen LogP contribution in [0.15, 0.2) is 222 Å². The van der Waals surface area contributed by atoms with Gasteiger partial charge in [0.25, 0.3) is 0 Å². The Labute approximate surface area is 839 Å². The van der Waals surface area contributed by atoms with Crippen molar-refractivity contribution >= 4 is 169 Å². The van der Waals surface area contributed by atoms with E-state index in [9.17, 15) is 82.0 Å². The van der Waals surface area contributed by atoms with E-state index in [4.69, 9.17) is 96.3 Å². The molecule has 70 heteroatoms. The summed E-state index contributed by atoms with van der Waals surface area (Å²) in [4.78, 5) is 199. The lowest BCUT2D eigenvalue weighted by molar-refractivity contribution is -0.402. The number of hydrazone groups is 8. The van der Waals surface area contributed by atoms with Crippen molar-refractivity contribution in [2.75, 3.05) is 112 Å². The van der Waals surface area contributed by atoms with Crippen LogP contribution in [0.1, 0.15) is 46.4 Å². The van der Waals surface area contributed by atoms with Crippen LogP contribution in [-0.2, 0) is 57.2 Å². The molecule has 8 saturated heterocycles. The van der Waals surface area contributed by atoms with Crippen LogP contribution in [0.5, 0.6) is 0 Å². The van der Waals surface area contributed by atoms with Gasteiger partial charge in [0.1, 0.15) is 66.7 Å². The number of rotatable bonds is 31. The van der Waals surface area contributed by atoms with Crippen LogP contribution in [0.3, 0.4) is 0 Å². The number of furan rings is 5. The summed E-state index contributed by atoms with van der Waals surface area (Å²) in [7, 11) is 0. The molecule has 776 valence electrons. The first kappa shape index (κ1) is 118. The van der Waals surface area contributed by atoms with E-state index in [1.165, 1.54) is 88.5 Å². The Hall–Kier alpha value is -22.2. The molecular weight excluding hydrogens is 2000 g/mol. The molecule has 14 rings (SSSR count). The number of aldehydes is 2. The number of ketones is 3. The fourth-order valence-corrected chi connectivity index (χ4v) is 10.4. The molecule has 1 aliphatic carbocycles. The van der Waals surface area contributed by atoms with Gasteiger partial charge >= 0.3 is 54.4 Å². The lowest BCUT2D eigenvalue weighted by Gasteiger charge is -2.29. The molecule has 70 nitrogen and oxygen atoms in total. The number of allylic oxidation sites excluding steroid dienone is 7. The van der Waals surface area contributed by atoms with Crippen LogP contribution in [0.4, 0.5) is 67.8 Å². The zero-order valence-corrected chi connectivity index (χ0v) is 77.1. The van der Waals surface area contributed by atoms with Gasteiger partial charge in [0.05, 0.1) is 128 Å². The lowest BCUT2D eigenvalue weighted by atomic mass is 10.2. The van der Waals surface area contributed by atoms with E-state index in [0.29, 0.717) is 119 Å². The van der Waals surface area contributed by atoms with Crippen molar-refractivity contribution in [3.8, 4) is 0 Å². The Morgan fingerprint density at radius 1 is 0.467 bits per heavy atom. The minimum absolute atomic E-state index is 0.0355. The second-order valence-electron chi connectivity index (χ2n) is 27.0. The molecule has 5 aromatic rings. The molecule has 5 aromatic heterocycles. The molecular formula is C80H78N42O28. The van der Waals surface area contributed by atoms with Gasteiger partial charge < -0.3 is 62.0 Å². The van der Waals surface area contributed by atoms with Crippen LogP contribution in [0.25, 0.3) is 71.6 Å². The summed E-state index contributed by atoms with van der Waals surface area (Å²) in [6.07, 6.45) is 21.5. The van der Waals surface area contributed by atoms with Crippen LogP contribution in [0, 0.1) is 36.4 Å². The molecule has 150 heavy (non-hydrogen) atoms. The second kappa shape index (κ2) is 68.0. The summed E-state index contributed by atoms with van der Waals surface area (Å²) in [6, 6.07) is 11.7. The van der Waals surface area contributed by atoms with E-state index >= 15 is 0 Å². The number of hydrogen-bond donors (Lipinski definition) is 6. The van der Waals surface area contributed by atoms with Crippen molar-refractivity contribution in [1.82, 2.24) is 61.3 Å². The zero-order valence-electron chi connectivity index (χ0n) is 77.1. The SMILES string of the molecule is O=Cc1ccc([N+](=O)[O-])o1.[C-]#[N+]C=CC(=O)/C=N/N1CC(=O)NC1=O.[C-]#[N+]C=CC(=O)/C=N/N1CCOC1=O.[C-]#[N+]C=CC(=O)/C=N/NC(N)=O.[C-]#[N+]C=CC/C=N/N1CCOC1=O.[N-]=[N+]=NC1=CC=C(C=O)C1.[N-]=[N+]=Nc1ccc(/C=N/N2CC(=O)NC2=O)o1.[N-]=[N+]=Nc1ccc(/C=N/N2CC(CN3CCOCC3)OC2=O)o1.[N-]=[N+]=Nc1ccc(/C=N/N2CC(N3CCOCC3)OC2=O)o1.[N-]=[N+]=Nc1ccc(/C=N/NC(N)=O)o1. The summed E-state index contributed by atoms with van der Waals surface area (Å²) >= 11 is 0. The molecule has 0 saturated carbocycles. The number of urea groups is 4. The average molecular weight is 2080 g/mol. The molecule has 2 atom stereocenters. The monoisotopic (exact) mass is 2070 g/mol. The number of amides is 14. The smallest absolute Gasteiger partial charge is 0.433 e. The summed E-state index contributed by atoms with van der Waals surface area (Å²) in [5, 5.41) is 66.4. The van der Waals surface area contributed by atoms with Crippen molar-refractivity contribution in [3.05, 3.63) is 270 Å². The number of primary amides is 2. The first-order valence-corrected chi connectivity index (χ1v) is 41.4. The van der Waals surface area contributed by atoms with Gasteiger partial charge in [0.2, 0.25) is 11.8 Å². The van der Waals surface area contributed by atoms with E-state index in [-0.39, 0.29) is 61.3 Å². The van der Waals surface area contributed by atoms with Gasteiger partial charge in [-0.2, -0.15) is 60.8 Å². The highest BCUT2D eigenvalue weighted by Crippen LogP contribution is 2.24. The first-order chi connectivity index (χ1) is 72.4. The molecule has 8 N–H and O–H groups in total. The predicted molar refractivity (Wildman–Crippen MR) is 509 cm³/mol. The third-order valence-electron chi connectivity index (χ3n) is 16.7. The van der Waals surface area contributed by atoms with Crippen molar-refractivity contribution in [3.63, 3.8) is 0 Å². The average Bonchev–Trinajstić information content (AvgIpc) is 1.70. The molecule has 13 heterocycles. The summed E-state index contributed by atoms with van der Waals surface area (Å²) in [5.41, 5.74) is 55.3. The third-order valence-corrected chi connectivity index (χ3v) is 16.7. The van der Waals surface area contributed by atoms with Gasteiger partial charge in [0.15, 0.2) is 84.0 Å². The Morgan fingerprint density at radius 3 is 1.31 bits per heavy atom. The van der Waals surface area contributed by atoms with Crippen LogP contribution >= 0.6 is 0 Å². The third kappa shape index (κ3) is 47.6. The van der Waals surface area contributed by atoms with Crippen molar-refractivity contribution in [1.29, 1.82) is 0 Å². The molecule has 0 bridgehead atoms. The summed E-state index contributed by atoms with van der Waals surface area (Å²) in [5.74, 6) is -0.913. The van der Waals surface area contributed by atoms with Crippen LogP contribution < -0.4 is 33.0 Å². The molecule has 0 spiro atoms. The number of nitrogens with one attached hydrogen (secondary N) is 4. The van der Waals surface area contributed by atoms with E-state index in [2.05, 4.69) is 140 Å². The van der Waals surface area contributed by atoms with Gasteiger partial charge in [-0.1, -0.05) is 23.3 Å². The Bertz CT molecular complexity index is 6530. The number of imide groups is 2. The highest BCUT2D eigenvalue weighted by atomic mass is 16.7. The Kier molecular flexibility index (Phi) is 53.6. The number of morpholine rings is 2. The minimum Gasteiger partial charge on any atom is -0.453 e. The van der Waals surface area contributed by atoms with E-state index in [0.717, 1.165) is 109 Å². The number of azide groups is 5. The summed E-state index contributed by atoms with van der Waals surface area (Å²) in [6.45, 7) is 33.9. The Balaban J connectivity index is 0.000000296. The van der Waals surface area contributed by atoms with E-state index < -0.39 is 88.5 Å². The number of nitrogens with two attached hydrogens (primary N) is 2. The molecule has 8 fully saturated rings. The molecule has 9 aliphatic rings. The van der Waals surface area contributed by atoms with Crippen LogP contribution in [-0.4, -0.2) is 309 Å². The number of hydrogen-bond acceptors (Lipinski definition) is 43. The predicted octanol–water partition coefficient (Wildman–Crippen LogP) is 9.26. The normalized spacial score (nSPS) is 16.4. The summed E-state index contributed by atoms with van der Waals surface area (Å²) < 4.78 is 55.2. The first-order valence-electron chi connectivity index (χ1n) is 41.4. The standard InChI is InChI=1S/C13H16N6O4.C12H14N6O4.C8H6N6O3.C8H6N4O3.C8H7N3O3.C8H9N3O2.C6H6N6O2.C6H6N4O2.C6H5N3O.C5H3NO4/c14-17-16-12-2-1-10(22-12)7-15-19-9-11(23-13(19)20)8-18-3-5-21-6-4-18;13-16-15-10-2-1-9(21-10)7-14-18-8-11(22-12(18)19)17-3-5-20-6-4-17;9-13-12-7-2-1-5(17-7)3-10-14-4-6(15)11-8(14)16;1-9-3-2-6(13)4-10-12-5-7(14)11-8(12)15;1-9-3-2-7(12)6-10-11-4-5-14-8(11)13;1-9-4-2-3-5-10-11-6-7-13-8(11)12;7-6(13)11-9-3-4-1-2-5(14-4)10-12-8;1-8-3-2-5(11)4-9-10-6(7)12;7-9-8-6-2-1-5(3-6)4-10;7-3-4-1-2-5(10-4)6(8)9/h1-2,7,11H,3-6,8-9H2;1-2,7,11H,3-6,8H2;1-3H,4H2,(H,11,15,16);2-4H,5H2,(H,11,14,15);2-3,6H,4-5H2;2,4-5H,3,6-7H2;1-3H,(H3,7,11,13);2-4H,(H3,7,10,12);1-2,4H,3H2;1-3H/b15-7+;14-7+;10-3+;3-2?,10-4+;3-2?,10-6+;4-2?,10-5+;9-3+;3-2?,9-4+;;. The number of carbonyl (C=O) groups excluding carboxylic acids is 15. The lowest BCUT2D eigenvalue weighted by Crippen LogP contribution is -2.45. The van der Waals surface area contributed by atoms with Crippen LogP contribution in [0.2, 0.25) is 0 Å². The van der Waals surface area contributed by atoms with E-state index in [1.807, 2.05) is 21.1 Å². The van der Waals surface area contributed by atoms with Gasteiger partial charge in [-0.3, -0.25) is 64.1 Å². The van der Waals surface area contributed by atoms with Gasteiger partial charge in [-0.15, -0.1) is 0 Å². The largest absolute Gasteiger partial charge is 0.453 e. The van der Waals surface area contributed by atoms with Crippen molar-refractivity contribution < 1.29 is 127 Å². The van der Waals surface area contributed by atoms with E-state index in [1.54, 1.807) is 36.6 Å². The zero-order chi connectivity index (χ0) is 110. The molecule has 0 radical (unpaired) electrons. The highest BCUT2D eigenvalue weighted by Gasteiger charge is 2.37. The fraction of sp³-hybridized carbons (Fsp3) is 0.263. The fourth-order valence-electron chi connectivity index (χ4n) is 10.4. The Morgan fingerprint density at radius 2 is 0.893 bits per heavy atom. The number of ether oxygens (including phenoxy) is 6. The maximum absolute atomic E-state index is 11.8. The van der Waals surface area contributed by atoms with Gasteiger partial charge in [-0.05, 0) is 133 Å². The van der Waals surface area contributed by atoms with Gasteiger partial charge in [-0.25, -0.2) is 78.6 Å². The number of nitro groups is 1. The maximum atomic E-state index is 11.8.